The number of carbonyl (C=O) groups is 1. The highest BCUT2D eigenvalue weighted by atomic mass is 16.4. The second-order valence-corrected chi connectivity index (χ2v) is 5.06. The van der Waals surface area contributed by atoms with Crippen molar-refractivity contribution in [1.29, 1.82) is 0 Å². The van der Waals surface area contributed by atoms with Crippen molar-refractivity contribution in [3.05, 3.63) is 17.8 Å². The van der Waals surface area contributed by atoms with Crippen molar-refractivity contribution in [1.82, 2.24) is 15.0 Å². The smallest absolute Gasteiger partial charge is 0.337 e. The predicted octanol–water partition coefficient (Wildman–Crippen LogP) is 2.28. The molecule has 0 spiro atoms. The number of nitrogens with one attached hydrogen (secondary N) is 1. The molecule has 0 unspecified atom stereocenters. The first-order chi connectivity index (χ1) is 8.90. The molecule has 0 bridgehead atoms. The number of aromatic nitrogens is 3. The third-order valence-corrected chi connectivity index (χ3v) is 2.93. The Bertz CT molecular complexity index is 596. The highest BCUT2D eigenvalue weighted by molar-refractivity contribution is 5.91. The lowest BCUT2D eigenvalue weighted by molar-refractivity contribution is 0.0696. The summed E-state index contributed by atoms with van der Waals surface area (Å²) in [5, 5.41) is 8.95. The molecule has 2 heterocycles. The predicted molar refractivity (Wildman–Crippen MR) is 73.6 cm³/mol. The maximum atomic E-state index is 10.9. The summed E-state index contributed by atoms with van der Waals surface area (Å²) in [6.07, 6.45) is 1.32. The van der Waals surface area contributed by atoms with Gasteiger partial charge in [0.15, 0.2) is 5.65 Å². The summed E-state index contributed by atoms with van der Waals surface area (Å²) in [5.41, 5.74) is 1.33. The van der Waals surface area contributed by atoms with Crippen LogP contribution in [-0.4, -0.2) is 38.1 Å². The second-order valence-electron chi connectivity index (χ2n) is 5.06. The van der Waals surface area contributed by atoms with Gasteiger partial charge in [0.1, 0.15) is 0 Å². The van der Waals surface area contributed by atoms with Crippen molar-refractivity contribution in [3.63, 3.8) is 0 Å². The molecule has 2 N–H and O–H groups in total. The Morgan fingerprint density at radius 3 is 2.47 bits per heavy atom. The van der Waals surface area contributed by atoms with E-state index in [1.165, 1.54) is 6.20 Å². The van der Waals surface area contributed by atoms with Crippen LogP contribution >= 0.6 is 0 Å². The van der Waals surface area contributed by atoms with Gasteiger partial charge < -0.3 is 15.0 Å². The van der Waals surface area contributed by atoms with E-state index in [0.29, 0.717) is 23.2 Å². The number of hydrogen-bond acceptors (Lipinski definition) is 4. The van der Waals surface area contributed by atoms with E-state index < -0.39 is 5.97 Å². The van der Waals surface area contributed by atoms with Crippen LogP contribution in [0.3, 0.4) is 0 Å². The van der Waals surface area contributed by atoms with E-state index in [4.69, 9.17) is 5.11 Å². The number of aromatic amines is 1. The standard InChI is InChI=1S/C13H18N4O2/c1-7(2)17(8(3)4)13-15-10-5-9(12(18)19)6-14-11(10)16-13/h5-8H,1-4H3,(H,18,19)(H,14,15,16). The van der Waals surface area contributed by atoms with E-state index in [0.717, 1.165) is 5.95 Å². The molecule has 2 rings (SSSR count). The minimum Gasteiger partial charge on any atom is -0.478 e. The maximum Gasteiger partial charge on any atom is 0.337 e. The molecule has 0 radical (unpaired) electrons. The van der Waals surface area contributed by atoms with Gasteiger partial charge in [-0.3, -0.25) is 0 Å². The zero-order valence-electron chi connectivity index (χ0n) is 11.5. The average molecular weight is 262 g/mol. The maximum absolute atomic E-state index is 10.9. The summed E-state index contributed by atoms with van der Waals surface area (Å²) < 4.78 is 0. The first-order valence-corrected chi connectivity index (χ1v) is 6.27. The number of aromatic carboxylic acids is 1. The van der Waals surface area contributed by atoms with Crippen molar-refractivity contribution < 1.29 is 9.90 Å². The number of pyridine rings is 1. The van der Waals surface area contributed by atoms with Gasteiger partial charge in [-0.25, -0.2) is 9.78 Å². The molecule has 0 saturated carbocycles. The highest BCUT2D eigenvalue weighted by Crippen LogP contribution is 2.20. The van der Waals surface area contributed by atoms with Crippen molar-refractivity contribution in [2.24, 2.45) is 0 Å². The third kappa shape index (κ3) is 2.52. The molecule has 0 aliphatic heterocycles. The van der Waals surface area contributed by atoms with Crippen LogP contribution in [0.15, 0.2) is 12.3 Å². The quantitative estimate of drug-likeness (QED) is 0.883. The normalized spacial score (nSPS) is 11.5. The molecule has 0 saturated heterocycles. The molecule has 0 aliphatic carbocycles. The first kappa shape index (κ1) is 13.3. The minimum absolute atomic E-state index is 0.156. The van der Waals surface area contributed by atoms with Crippen molar-refractivity contribution in [2.75, 3.05) is 4.90 Å². The molecule has 102 valence electrons. The lowest BCUT2D eigenvalue weighted by Gasteiger charge is -2.30. The summed E-state index contributed by atoms with van der Waals surface area (Å²) in [4.78, 5) is 24.7. The third-order valence-electron chi connectivity index (χ3n) is 2.93. The zero-order chi connectivity index (χ0) is 14.2. The monoisotopic (exact) mass is 262 g/mol. The van der Waals surface area contributed by atoms with E-state index in [1.807, 2.05) is 0 Å². The number of carboxylic acid groups (broad SMARTS) is 1. The summed E-state index contributed by atoms with van der Waals surface area (Å²) >= 11 is 0. The van der Waals surface area contributed by atoms with Gasteiger partial charge in [0.25, 0.3) is 0 Å². The van der Waals surface area contributed by atoms with Crippen LogP contribution in [0.2, 0.25) is 0 Å². The molecule has 6 nitrogen and oxygen atoms in total. The largest absolute Gasteiger partial charge is 0.478 e. The second kappa shape index (κ2) is 4.87. The van der Waals surface area contributed by atoms with Crippen molar-refractivity contribution in [2.45, 2.75) is 39.8 Å². The van der Waals surface area contributed by atoms with Crippen LogP contribution in [0.25, 0.3) is 11.2 Å². The zero-order valence-corrected chi connectivity index (χ0v) is 11.5. The Balaban J connectivity index is 2.48. The number of imidazole rings is 1. The molecule has 6 heteroatoms. The van der Waals surface area contributed by atoms with Gasteiger partial charge in [-0.15, -0.1) is 0 Å². The van der Waals surface area contributed by atoms with Crippen LogP contribution in [-0.2, 0) is 0 Å². The fourth-order valence-electron chi connectivity index (χ4n) is 2.21. The van der Waals surface area contributed by atoms with Crippen molar-refractivity contribution in [3.8, 4) is 0 Å². The van der Waals surface area contributed by atoms with Gasteiger partial charge in [-0.1, -0.05) is 0 Å². The summed E-state index contributed by atoms with van der Waals surface area (Å²) in [6.45, 7) is 8.35. The number of anilines is 1. The number of carboxylic acids is 1. The van der Waals surface area contributed by atoms with Crippen molar-refractivity contribution >= 4 is 23.1 Å². The van der Waals surface area contributed by atoms with E-state index in [1.54, 1.807) is 6.07 Å². The molecule has 2 aromatic rings. The molecule has 2 aromatic heterocycles. The summed E-state index contributed by atoms with van der Waals surface area (Å²) in [5.74, 6) is -0.273. The highest BCUT2D eigenvalue weighted by Gasteiger charge is 2.18. The van der Waals surface area contributed by atoms with Crippen LogP contribution in [0.1, 0.15) is 38.1 Å². The lowest BCUT2D eigenvalue weighted by Crippen LogP contribution is -2.37. The first-order valence-electron chi connectivity index (χ1n) is 6.27. The number of fused-ring (bicyclic) bond motifs is 1. The number of rotatable bonds is 4. The van der Waals surface area contributed by atoms with E-state index in [2.05, 4.69) is 47.5 Å². The molecule has 0 atom stereocenters. The van der Waals surface area contributed by atoms with Gasteiger partial charge >= 0.3 is 5.97 Å². The fourth-order valence-corrected chi connectivity index (χ4v) is 2.21. The molecular formula is C13H18N4O2. The molecule has 0 fully saturated rings. The molecular weight excluding hydrogens is 244 g/mol. The van der Waals surface area contributed by atoms with E-state index >= 15 is 0 Å². The lowest BCUT2D eigenvalue weighted by atomic mass is 10.2. The van der Waals surface area contributed by atoms with Crippen LogP contribution < -0.4 is 4.90 Å². The SMILES string of the molecule is CC(C)N(c1nc2ncc(C(=O)O)cc2[nH]1)C(C)C. The molecule has 0 aromatic carbocycles. The molecule has 0 aliphatic rings. The fraction of sp³-hybridized carbons (Fsp3) is 0.462. The Morgan fingerprint density at radius 2 is 1.95 bits per heavy atom. The number of hydrogen-bond donors (Lipinski definition) is 2. The Labute approximate surface area is 111 Å². The summed E-state index contributed by atoms with van der Waals surface area (Å²) in [6, 6.07) is 2.14. The number of H-pyrrole nitrogens is 1. The number of nitrogens with zero attached hydrogens (tertiary/aromatic N) is 3. The van der Waals surface area contributed by atoms with Crippen LogP contribution in [0.5, 0.6) is 0 Å². The topological polar surface area (TPSA) is 82.1 Å². The van der Waals surface area contributed by atoms with Gasteiger partial charge in [-0.05, 0) is 33.8 Å². The van der Waals surface area contributed by atoms with Gasteiger partial charge in [0.05, 0.1) is 11.1 Å². The molecule has 0 amide bonds. The Hall–Kier alpha value is -2.11. The Morgan fingerprint density at radius 1 is 1.32 bits per heavy atom. The van der Waals surface area contributed by atoms with Crippen LogP contribution in [0.4, 0.5) is 5.95 Å². The Kier molecular flexibility index (Phi) is 3.42. The van der Waals surface area contributed by atoms with Gasteiger partial charge in [0, 0.05) is 18.3 Å². The summed E-state index contributed by atoms with van der Waals surface area (Å²) in [7, 11) is 0. The van der Waals surface area contributed by atoms with Crippen LogP contribution in [0, 0.1) is 0 Å². The van der Waals surface area contributed by atoms with E-state index in [-0.39, 0.29) is 5.56 Å². The minimum atomic E-state index is -0.991. The van der Waals surface area contributed by atoms with Gasteiger partial charge in [0.2, 0.25) is 5.95 Å². The van der Waals surface area contributed by atoms with Gasteiger partial charge in [-0.2, -0.15) is 4.98 Å². The molecule has 19 heavy (non-hydrogen) atoms. The average Bonchev–Trinajstić information content (AvgIpc) is 2.69. The van der Waals surface area contributed by atoms with E-state index in [9.17, 15) is 4.79 Å².